The van der Waals surface area contributed by atoms with Crippen LogP contribution in [-0.2, 0) is 6.54 Å². The fourth-order valence-corrected chi connectivity index (χ4v) is 0.989. The Morgan fingerprint density at radius 1 is 1.54 bits per heavy atom. The van der Waals surface area contributed by atoms with Crippen LogP contribution < -0.4 is 5.32 Å². The number of aryl methyl sites for hydroxylation is 1. The SMILES string of the molecule is CCC(CO)NCc1nonc1C. The minimum atomic E-state index is 0.121. The molecule has 0 spiro atoms. The standard InChI is InChI=1S/C8H15N3O2/c1-3-7(5-12)9-4-8-6(2)10-13-11-8/h7,9,12H,3-5H2,1-2H3. The summed E-state index contributed by atoms with van der Waals surface area (Å²) < 4.78 is 4.54. The second kappa shape index (κ2) is 4.94. The van der Waals surface area contributed by atoms with E-state index >= 15 is 0 Å². The molecule has 0 aliphatic carbocycles. The molecule has 0 saturated carbocycles. The van der Waals surface area contributed by atoms with Crippen molar-refractivity contribution in [1.29, 1.82) is 0 Å². The van der Waals surface area contributed by atoms with E-state index in [4.69, 9.17) is 5.11 Å². The van der Waals surface area contributed by atoms with Gasteiger partial charge in [0.15, 0.2) is 0 Å². The third-order valence-corrected chi connectivity index (χ3v) is 2.02. The van der Waals surface area contributed by atoms with Gasteiger partial charge in [0.25, 0.3) is 0 Å². The molecule has 5 nitrogen and oxygen atoms in total. The van der Waals surface area contributed by atoms with Crippen LogP contribution in [0.15, 0.2) is 4.63 Å². The number of rotatable bonds is 5. The van der Waals surface area contributed by atoms with Crippen molar-refractivity contribution in [1.82, 2.24) is 15.6 Å². The highest BCUT2D eigenvalue weighted by Gasteiger charge is 2.07. The number of aliphatic hydroxyl groups is 1. The summed E-state index contributed by atoms with van der Waals surface area (Å²) in [5.41, 5.74) is 1.59. The highest BCUT2D eigenvalue weighted by Crippen LogP contribution is 2.00. The van der Waals surface area contributed by atoms with E-state index in [1.165, 1.54) is 0 Å². The molecule has 74 valence electrons. The summed E-state index contributed by atoms with van der Waals surface area (Å²) in [7, 11) is 0. The Balaban J connectivity index is 2.38. The summed E-state index contributed by atoms with van der Waals surface area (Å²) in [4.78, 5) is 0. The first-order valence-electron chi connectivity index (χ1n) is 4.40. The molecule has 0 amide bonds. The van der Waals surface area contributed by atoms with Crippen molar-refractivity contribution >= 4 is 0 Å². The summed E-state index contributed by atoms with van der Waals surface area (Å²) >= 11 is 0. The number of hydrogen-bond acceptors (Lipinski definition) is 5. The third kappa shape index (κ3) is 2.78. The van der Waals surface area contributed by atoms with Gasteiger partial charge in [-0.15, -0.1) is 0 Å². The van der Waals surface area contributed by atoms with Crippen LogP contribution in [-0.4, -0.2) is 28.1 Å². The minimum absolute atomic E-state index is 0.121. The maximum Gasteiger partial charge on any atom is 0.121 e. The van der Waals surface area contributed by atoms with Gasteiger partial charge in [-0.05, 0) is 13.3 Å². The zero-order valence-electron chi connectivity index (χ0n) is 7.95. The molecule has 1 rings (SSSR count). The number of aliphatic hydroxyl groups excluding tert-OH is 1. The van der Waals surface area contributed by atoms with Crippen molar-refractivity contribution in [2.24, 2.45) is 0 Å². The van der Waals surface area contributed by atoms with E-state index in [-0.39, 0.29) is 12.6 Å². The van der Waals surface area contributed by atoms with E-state index in [1.807, 2.05) is 13.8 Å². The van der Waals surface area contributed by atoms with Crippen LogP contribution in [0.25, 0.3) is 0 Å². The van der Waals surface area contributed by atoms with E-state index in [0.717, 1.165) is 17.8 Å². The number of aromatic nitrogens is 2. The minimum Gasteiger partial charge on any atom is -0.395 e. The molecule has 0 aromatic carbocycles. The molecular weight excluding hydrogens is 170 g/mol. The highest BCUT2D eigenvalue weighted by atomic mass is 16.6. The predicted molar refractivity (Wildman–Crippen MR) is 47.0 cm³/mol. The van der Waals surface area contributed by atoms with Crippen molar-refractivity contribution in [3.8, 4) is 0 Å². The van der Waals surface area contributed by atoms with Gasteiger partial charge in [0.1, 0.15) is 11.4 Å². The topological polar surface area (TPSA) is 71.2 Å². The van der Waals surface area contributed by atoms with Gasteiger partial charge < -0.3 is 10.4 Å². The van der Waals surface area contributed by atoms with Crippen LogP contribution in [0.1, 0.15) is 24.7 Å². The molecule has 5 heteroatoms. The Labute approximate surface area is 77.1 Å². The molecule has 1 aromatic rings. The second-order valence-electron chi connectivity index (χ2n) is 2.96. The van der Waals surface area contributed by atoms with E-state index in [1.54, 1.807) is 0 Å². The number of nitrogens with one attached hydrogen (secondary N) is 1. The second-order valence-corrected chi connectivity index (χ2v) is 2.96. The highest BCUT2D eigenvalue weighted by molar-refractivity contribution is 5.03. The Morgan fingerprint density at radius 3 is 2.77 bits per heavy atom. The molecule has 0 radical (unpaired) electrons. The van der Waals surface area contributed by atoms with Crippen molar-refractivity contribution in [3.05, 3.63) is 11.4 Å². The van der Waals surface area contributed by atoms with E-state index in [0.29, 0.717) is 6.54 Å². The van der Waals surface area contributed by atoms with Gasteiger partial charge in [-0.25, -0.2) is 4.63 Å². The molecule has 0 fully saturated rings. The average molecular weight is 185 g/mol. The molecule has 1 atom stereocenters. The summed E-state index contributed by atoms with van der Waals surface area (Å²) in [5.74, 6) is 0. The summed E-state index contributed by atoms with van der Waals surface area (Å²) in [6.07, 6.45) is 0.890. The molecular formula is C8H15N3O2. The van der Waals surface area contributed by atoms with Gasteiger partial charge in [-0.2, -0.15) is 0 Å². The first-order valence-corrected chi connectivity index (χ1v) is 4.40. The van der Waals surface area contributed by atoms with Gasteiger partial charge in [0.2, 0.25) is 0 Å². The Morgan fingerprint density at radius 2 is 2.31 bits per heavy atom. The predicted octanol–water partition coefficient (Wildman–Crippen LogP) is 0.239. The van der Waals surface area contributed by atoms with Gasteiger partial charge in [-0.1, -0.05) is 17.2 Å². The van der Waals surface area contributed by atoms with E-state index < -0.39 is 0 Å². The van der Waals surface area contributed by atoms with Crippen molar-refractivity contribution in [2.45, 2.75) is 32.9 Å². The number of hydrogen-bond donors (Lipinski definition) is 2. The van der Waals surface area contributed by atoms with Crippen molar-refractivity contribution in [3.63, 3.8) is 0 Å². The quantitative estimate of drug-likeness (QED) is 0.687. The summed E-state index contributed by atoms with van der Waals surface area (Å²) in [6, 6.07) is 0.121. The first kappa shape index (κ1) is 10.1. The van der Waals surface area contributed by atoms with Gasteiger partial charge in [0.05, 0.1) is 6.61 Å². The lowest BCUT2D eigenvalue weighted by atomic mass is 10.2. The number of nitrogens with zero attached hydrogens (tertiary/aromatic N) is 2. The zero-order chi connectivity index (χ0) is 9.68. The van der Waals surface area contributed by atoms with Crippen LogP contribution in [0.4, 0.5) is 0 Å². The molecule has 1 unspecified atom stereocenters. The van der Waals surface area contributed by atoms with Crippen LogP contribution in [0.5, 0.6) is 0 Å². The maximum atomic E-state index is 8.90. The summed E-state index contributed by atoms with van der Waals surface area (Å²) in [6.45, 7) is 4.59. The Hall–Kier alpha value is -0.940. The van der Waals surface area contributed by atoms with E-state index in [2.05, 4.69) is 20.3 Å². The van der Waals surface area contributed by atoms with Crippen molar-refractivity contribution in [2.75, 3.05) is 6.61 Å². The molecule has 1 aromatic heterocycles. The van der Waals surface area contributed by atoms with Crippen LogP contribution >= 0.6 is 0 Å². The van der Waals surface area contributed by atoms with Gasteiger partial charge in [0, 0.05) is 12.6 Å². The third-order valence-electron chi connectivity index (χ3n) is 2.02. The monoisotopic (exact) mass is 185 g/mol. The van der Waals surface area contributed by atoms with Crippen LogP contribution in [0.3, 0.4) is 0 Å². The molecule has 0 bridgehead atoms. The van der Waals surface area contributed by atoms with Crippen LogP contribution in [0, 0.1) is 6.92 Å². The lowest BCUT2D eigenvalue weighted by Crippen LogP contribution is -2.31. The Bertz CT molecular complexity index is 245. The molecule has 2 N–H and O–H groups in total. The first-order chi connectivity index (χ1) is 6.27. The van der Waals surface area contributed by atoms with Gasteiger partial charge >= 0.3 is 0 Å². The van der Waals surface area contributed by atoms with Crippen molar-refractivity contribution < 1.29 is 9.74 Å². The summed E-state index contributed by atoms with van der Waals surface area (Å²) in [5, 5.41) is 19.4. The molecule has 0 saturated heterocycles. The lowest BCUT2D eigenvalue weighted by molar-refractivity contribution is 0.236. The molecule has 13 heavy (non-hydrogen) atoms. The normalized spacial score (nSPS) is 13.2. The average Bonchev–Trinajstić information content (AvgIpc) is 2.54. The zero-order valence-corrected chi connectivity index (χ0v) is 7.95. The largest absolute Gasteiger partial charge is 0.395 e. The maximum absolute atomic E-state index is 8.90. The van der Waals surface area contributed by atoms with Gasteiger partial charge in [-0.3, -0.25) is 0 Å². The molecule has 1 heterocycles. The smallest absolute Gasteiger partial charge is 0.121 e. The van der Waals surface area contributed by atoms with E-state index in [9.17, 15) is 0 Å². The lowest BCUT2D eigenvalue weighted by Gasteiger charge is -2.11. The molecule has 0 aliphatic heterocycles. The molecule has 0 aliphatic rings. The fraction of sp³-hybridized carbons (Fsp3) is 0.750. The fourth-order valence-electron chi connectivity index (χ4n) is 0.989. The van der Waals surface area contributed by atoms with Crippen LogP contribution in [0.2, 0.25) is 0 Å². The Kier molecular flexibility index (Phi) is 3.85.